The number of ether oxygens (including phenoxy) is 2. The molecule has 3 aliphatic heterocycles. The molecule has 0 aliphatic carbocycles. The van der Waals surface area contributed by atoms with Gasteiger partial charge in [0.1, 0.15) is 11.5 Å². The molecule has 0 aromatic heterocycles. The predicted molar refractivity (Wildman–Crippen MR) is 111 cm³/mol. The van der Waals surface area contributed by atoms with Gasteiger partial charge in [0.05, 0.1) is 12.5 Å². The molecule has 1 amide bonds. The predicted octanol–water partition coefficient (Wildman–Crippen LogP) is 3.54. The van der Waals surface area contributed by atoms with Crippen LogP contribution >= 0.6 is 0 Å². The zero-order valence-corrected chi connectivity index (χ0v) is 16.7. The lowest BCUT2D eigenvalue weighted by Gasteiger charge is -2.35. The lowest BCUT2D eigenvalue weighted by atomic mass is 9.87. The van der Waals surface area contributed by atoms with Crippen LogP contribution in [0.3, 0.4) is 0 Å². The van der Waals surface area contributed by atoms with Gasteiger partial charge in [-0.25, -0.2) is 0 Å². The smallest absolute Gasteiger partial charge is 0.232 e. The largest absolute Gasteiger partial charge is 0.457 e. The van der Waals surface area contributed by atoms with E-state index in [4.69, 9.17) is 9.47 Å². The fourth-order valence-electron chi connectivity index (χ4n) is 4.87. The maximum Gasteiger partial charge on any atom is 0.232 e. The summed E-state index contributed by atoms with van der Waals surface area (Å²) in [5.41, 5.74) is 1.89. The van der Waals surface area contributed by atoms with Crippen LogP contribution in [-0.2, 0) is 9.53 Å². The SMILES string of the molecule is O=C(NCC1CCN([C@H]2CCOC2)CC1)C1c2ccccc2Oc2ccccc21. The molecule has 5 rings (SSSR count). The lowest BCUT2D eigenvalue weighted by molar-refractivity contribution is -0.122. The Kier molecular flexibility index (Phi) is 5.25. The maximum atomic E-state index is 13.2. The number of piperidine rings is 1. The summed E-state index contributed by atoms with van der Waals surface area (Å²) in [5, 5.41) is 3.25. The van der Waals surface area contributed by atoms with Crippen molar-refractivity contribution in [3.05, 3.63) is 59.7 Å². The van der Waals surface area contributed by atoms with E-state index in [-0.39, 0.29) is 11.8 Å². The number of para-hydroxylation sites is 2. The fourth-order valence-corrected chi connectivity index (χ4v) is 4.87. The summed E-state index contributed by atoms with van der Waals surface area (Å²) in [7, 11) is 0. The number of nitrogens with zero attached hydrogens (tertiary/aromatic N) is 1. The van der Waals surface area contributed by atoms with Gasteiger partial charge >= 0.3 is 0 Å². The molecular formula is C24H28N2O3. The Labute approximate surface area is 172 Å². The van der Waals surface area contributed by atoms with E-state index in [0.29, 0.717) is 12.0 Å². The summed E-state index contributed by atoms with van der Waals surface area (Å²) in [4.78, 5) is 15.8. The molecule has 3 aliphatic rings. The normalized spacial score (nSPS) is 22.6. The fraction of sp³-hybridized carbons (Fsp3) is 0.458. The van der Waals surface area contributed by atoms with E-state index in [0.717, 1.165) is 74.7 Å². The van der Waals surface area contributed by atoms with Gasteiger partial charge in [-0.15, -0.1) is 0 Å². The molecular weight excluding hydrogens is 364 g/mol. The summed E-state index contributed by atoms with van der Waals surface area (Å²) < 4.78 is 11.5. The van der Waals surface area contributed by atoms with E-state index < -0.39 is 0 Å². The van der Waals surface area contributed by atoms with E-state index in [1.54, 1.807) is 0 Å². The van der Waals surface area contributed by atoms with E-state index >= 15 is 0 Å². The summed E-state index contributed by atoms with van der Waals surface area (Å²) in [6, 6.07) is 16.3. The van der Waals surface area contributed by atoms with Crippen LogP contribution in [0.25, 0.3) is 0 Å². The highest BCUT2D eigenvalue weighted by molar-refractivity contribution is 5.89. The van der Waals surface area contributed by atoms with Crippen molar-refractivity contribution in [2.75, 3.05) is 32.8 Å². The summed E-state index contributed by atoms with van der Waals surface area (Å²) in [6.45, 7) is 4.74. The second kappa shape index (κ2) is 8.17. The molecule has 2 saturated heterocycles. The van der Waals surface area contributed by atoms with E-state index in [1.165, 1.54) is 0 Å². The van der Waals surface area contributed by atoms with Crippen molar-refractivity contribution in [2.24, 2.45) is 5.92 Å². The molecule has 1 atom stereocenters. The Morgan fingerprint density at radius 2 is 1.62 bits per heavy atom. The van der Waals surface area contributed by atoms with Crippen LogP contribution in [-0.4, -0.2) is 49.7 Å². The lowest BCUT2D eigenvalue weighted by Crippen LogP contribution is -2.44. The average molecular weight is 392 g/mol. The zero-order valence-electron chi connectivity index (χ0n) is 16.7. The number of nitrogens with one attached hydrogen (secondary N) is 1. The first-order chi connectivity index (χ1) is 14.3. The van der Waals surface area contributed by atoms with E-state index in [1.807, 2.05) is 48.5 Å². The maximum absolute atomic E-state index is 13.2. The Hall–Kier alpha value is -2.37. The summed E-state index contributed by atoms with van der Waals surface area (Å²) in [6.07, 6.45) is 3.43. The van der Waals surface area contributed by atoms with Gasteiger partial charge in [-0.1, -0.05) is 36.4 Å². The number of hydrogen-bond acceptors (Lipinski definition) is 4. The molecule has 152 valence electrons. The molecule has 0 saturated carbocycles. The van der Waals surface area contributed by atoms with Gasteiger partial charge in [0, 0.05) is 30.3 Å². The molecule has 0 unspecified atom stereocenters. The minimum absolute atomic E-state index is 0.0693. The highest BCUT2D eigenvalue weighted by Gasteiger charge is 2.33. The topological polar surface area (TPSA) is 50.8 Å². The van der Waals surface area contributed by atoms with E-state index in [9.17, 15) is 4.79 Å². The van der Waals surface area contributed by atoms with Crippen molar-refractivity contribution in [1.29, 1.82) is 0 Å². The highest BCUT2D eigenvalue weighted by Crippen LogP contribution is 2.43. The first-order valence-corrected chi connectivity index (χ1v) is 10.7. The number of fused-ring (bicyclic) bond motifs is 2. The molecule has 0 radical (unpaired) electrons. The van der Waals surface area contributed by atoms with Crippen LogP contribution in [0, 0.1) is 5.92 Å². The number of amides is 1. The second-order valence-electron chi connectivity index (χ2n) is 8.35. The minimum atomic E-state index is -0.313. The van der Waals surface area contributed by atoms with Gasteiger partial charge in [-0.05, 0) is 50.4 Å². The van der Waals surface area contributed by atoms with Gasteiger partial charge in [0.2, 0.25) is 5.91 Å². The Morgan fingerprint density at radius 3 is 2.24 bits per heavy atom. The van der Waals surface area contributed by atoms with Crippen LogP contribution in [0.2, 0.25) is 0 Å². The molecule has 3 heterocycles. The third-order valence-corrected chi connectivity index (χ3v) is 6.58. The Balaban J connectivity index is 1.24. The highest BCUT2D eigenvalue weighted by atomic mass is 16.5. The van der Waals surface area contributed by atoms with Crippen molar-refractivity contribution in [1.82, 2.24) is 10.2 Å². The van der Waals surface area contributed by atoms with Gasteiger partial charge < -0.3 is 14.8 Å². The molecule has 5 heteroatoms. The zero-order chi connectivity index (χ0) is 19.6. The molecule has 2 aromatic carbocycles. The molecule has 0 bridgehead atoms. The van der Waals surface area contributed by atoms with Crippen LogP contribution in [0.5, 0.6) is 11.5 Å². The molecule has 2 fully saturated rings. The third-order valence-electron chi connectivity index (χ3n) is 6.58. The quantitative estimate of drug-likeness (QED) is 0.865. The van der Waals surface area contributed by atoms with Crippen LogP contribution in [0.4, 0.5) is 0 Å². The summed E-state index contributed by atoms with van der Waals surface area (Å²) in [5.74, 6) is 1.85. The van der Waals surface area contributed by atoms with Crippen molar-refractivity contribution in [3.63, 3.8) is 0 Å². The molecule has 1 N–H and O–H groups in total. The third kappa shape index (κ3) is 3.77. The van der Waals surface area contributed by atoms with Crippen LogP contribution in [0.1, 0.15) is 36.3 Å². The molecule has 2 aromatic rings. The average Bonchev–Trinajstić information content (AvgIpc) is 3.31. The number of hydrogen-bond donors (Lipinski definition) is 1. The number of benzene rings is 2. The standard InChI is InChI=1S/C24H28N2O3/c27-24(25-15-17-9-12-26(13-10-17)18-11-14-28-16-18)23-19-5-1-3-7-21(19)29-22-8-4-2-6-20(22)23/h1-8,17-18,23H,9-16H2,(H,25,27)/t18-/m0/s1. The van der Waals surface area contributed by atoms with Gasteiger partial charge in [-0.3, -0.25) is 9.69 Å². The second-order valence-corrected chi connectivity index (χ2v) is 8.35. The van der Waals surface area contributed by atoms with Gasteiger partial charge in [0.25, 0.3) is 0 Å². The monoisotopic (exact) mass is 392 g/mol. The van der Waals surface area contributed by atoms with Crippen molar-refractivity contribution >= 4 is 5.91 Å². The first kappa shape index (κ1) is 18.6. The number of carbonyl (C=O) groups is 1. The van der Waals surface area contributed by atoms with Crippen molar-refractivity contribution in [2.45, 2.75) is 31.2 Å². The van der Waals surface area contributed by atoms with Gasteiger partial charge in [-0.2, -0.15) is 0 Å². The molecule has 29 heavy (non-hydrogen) atoms. The van der Waals surface area contributed by atoms with Crippen molar-refractivity contribution < 1.29 is 14.3 Å². The number of rotatable bonds is 4. The number of carbonyl (C=O) groups excluding carboxylic acids is 1. The summed E-state index contributed by atoms with van der Waals surface area (Å²) >= 11 is 0. The van der Waals surface area contributed by atoms with Crippen molar-refractivity contribution in [3.8, 4) is 11.5 Å². The molecule has 0 spiro atoms. The van der Waals surface area contributed by atoms with E-state index in [2.05, 4.69) is 10.2 Å². The molecule has 5 nitrogen and oxygen atoms in total. The van der Waals surface area contributed by atoms with Gasteiger partial charge in [0.15, 0.2) is 0 Å². The first-order valence-electron chi connectivity index (χ1n) is 10.7. The Morgan fingerprint density at radius 1 is 0.966 bits per heavy atom. The van der Waals surface area contributed by atoms with Crippen LogP contribution < -0.4 is 10.1 Å². The Bertz CT molecular complexity index is 824. The number of likely N-dealkylation sites (tertiary alicyclic amines) is 1. The van der Waals surface area contributed by atoms with Crippen LogP contribution in [0.15, 0.2) is 48.5 Å². The minimum Gasteiger partial charge on any atom is -0.457 e.